The van der Waals surface area contributed by atoms with Gasteiger partial charge in [0.25, 0.3) is 0 Å². The lowest BCUT2D eigenvalue weighted by atomic mass is 9.89. The van der Waals surface area contributed by atoms with Crippen molar-refractivity contribution in [3.05, 3.63) is 10.4 Å². The standard InChI is InChI=1S/C36H68N8O8/c1-15-22(6)31(43(11)35(48)29(24(8)40-41-37)39-34(47)30(21(4)5)42(9)10)26(50-12)19-27(45)44-18-16-17-25(44)32(51-13)23(7)33(46)38-28(20(2)3)36(49)52-14/h20-26,28-32,35,48H,15-19H2,1-14H3,(H,38,46)(H,39,47)/t22-,23+,24?,25-,26+,28-,29-,30-,31-,32+,35?/m0/s1. The first-order chi connectivity index (χ1) is 24.3. The number of methoxy groups -OCH3 is 3. The third-order valence-electron chi connectivity index (χ3n) is 10.6. The van der Waals surface area contributed by atoms with E-state index in [-0.39, 0.29) is 41.9 Å². The van der Waals surface area contributed by atoms with Gasteiger partial charge < -0.3 is 34.9 Å². The van der Waals surface area contributed by atoms with Crippen molar-refractivity contribution in [2.75, 3.05) is 49.0 Å². The van der Waals surface area contributed by atoms with Crippen molar-refractivity contribution in [3.63, 3.8) is 0 Å². The minimum absolute atomic E-state index is 0.0210. The summed E-state index contributed by atoms with van der Waals surface area (Å²) in [5.41, 5.74) is 9.26. The molecule has 11 atom stereocenters. The fourth-order valence-corrected chi connectivity index (χ4v) is 7.51. The third kappa shape index (κ3) is 12.3. The number of likely N-dealkylation sites (tertiary alicyclic amines) is 1. The zero-order valence-corrected chi connectivity index (χ0v) is 34.0. The Morgan fingerprint density at radius 3 is 2.04 bits per heavy atom. The molecule has 1 aliphatic heterocycles. The van der Waals surface area contributed by atoms with E-state index in [1.807, 2.05) is 41.5 Å². The zero-order valence-electron chi connectivity index (χ0n) is 34.0. The SMILES string of the molecule is CC[C@H](C)[C@@H]([C@@H](CC(=O)N1CCC[C@H]1[C@H](OC)[C@@H](C)C(=O)N[C@H](C(=O)OC)C(C)C)OC)N(C)C(O)[C@@H](NC(=O)[C@H](C(C)C)N(C)C)C(C)N=[N+]=[N-]. The molecular weight excluding hydrogens is 672 g/mol. The molecule has 0 radical (unpaired) electrons. The quantitative estimate of drug-likeness (QED) is 0.0488. The maximum atomic E-state index is 14.1. The summed E-state index contributed by atoms with van der Waals surface area (Å²) < 4.78 is 16.7. The van der Waals surface area contributed by atoms with E-state index in [0.717, 1.165) is 6.42 Å². The van der Waals surface area contributed by atoms with Crippen LogP contribution in [-0.4, -0.2) is 147 Å². The van der Waals surface area contributed by atoms with Crippen LogP contribution in [-0.2, 0) is 33.4 Å². The van der Waals surface area contributed by atoms with Crippen LogP contribution in [0.3, 0.4) is 0 Å². The summed E-state index contributed by atoms with van der Waals surface area (Å²) in [6.45, 7) is 15.3. The second-order valence-electron chi connectivity index (χ2n) is 15.1. The first kappa shape index (κ1) is 47.0. The summed E-state index contributed by atoms with van der Waals surface area (Å²) in [6.07, 6.45) is -0.599. The van der Waals surface area contributed by atoms with E-state index in [1.165, 1.54) is 21.3 Å². The molecule has 1 aliphatic rings. The van der Waals surface area contributed by atoms with Crippen LogP contribution in [0.25, 0.3) is 10.4 Å². The molecule has 0 bridgehead atoms. The Morgan fingerprint density at radius 2 is 1.58 bits per heavy atom. The molecule has 1 fully saturated rings. The molecule has 3 N–H and O–H groups in total. The Balaban J connectivity index is 3.37. The molecular formula is C36H68N8O8. The van der Waals surface area contributed by atoms with E-state index in [0.29, 0.717) is 19.4 Å². The summed E-state index contributed by atoms with van der Waals surface area (Å²) in [4.78, 5) is 61.5. The molecule has 0 spiro atoms. The smallest absolute Gasteiger partial charge is 0.328 e. The largest absolute Gasteiger partial charge is 0.467 e. The number of rotatable bonds is 22. The molecule has 1 heterocycles. The molecule has 0 saturated carbocycles. The number of aliphatic hydroxyl groups excluding tert-OH is 1. The molecule has 16 nitrogen and oxygen atoms in total. The van der Waals surface area contributed by atoms with Gasteiger partial charge in [0.2, 0.25) is 17.7 Å². The number of esters is 1. The number of hydrogen-bond donors (Lipinski definition) is 3. The van der Waals surface area contributed by atoms with Crippen molar-refractivity contribution in [1.29, 1.82) is 0 Å². The highest BCUT2D eigenvalue weighted by Gasteiger charge is 2.44. The van der Waals surface area contributed by atoms with Gasteiger partial charge in [-0.1, -0.05) is 66.9 Å². The maximum Gasteiger partial charge on any atom is 0.328 e. The van der Waals surface area contributed by atoms with Crippen LogP contribution in [0.5, 0.6) is 0 Å². The van der Waals surface area contributed by atoms with Gasteiger partial charge in [-0.05, 0) is 57.3 Å². The van der Waals surface area contributed by atoms with E-state index in [9.17, 15) is 29.8 Å². The number of likely N-dealkylation sites (N-methyl/N-ethyl adjacent to an activating group) is 2. The van der Waals surface area contributed by atoms with E-state index < -0.39 is 66.6 Å². The first-order valence-electron chi connectivity index (χ1n) is 18.5. The van der Waals surface area contributed by atoms with Crippen LogP contribution >= 0.6 is 0 Å². The van der Waals surface area contributed by atoms with Gasteiger partial charge in [0.05, 0.1) is 55.8 Å². The first-order valence-corrected chi connectivity index (χ1v) is 18.5. The molecule has 3 amide bonds. The Hall–Kier alpha value is -3.01. The van der Waals surface area contributed by atoms with Crippen LogP contribution < -0.4 is 10.6 Å². The van der Waals surface area contributed by atoms with Crippen molar-refractivity contribution in [2.45, 2.75) is 136 Å². The number of nitrogens with zero attached hydrogens (tertiary/aromatic N) is 6. The number of nitrogens with one attached hydrogen (secondary N) is 2. The lowest BCUT2D eigenvalue weighted by Gasteiger charge is -2.44. The van der Waals surface area contributed by atoms with Crippen LogP contribution in [0, 0.1) is 23.7 Å². The Labute approximate surface area is 311 Å². The molecule has 300 valence electrons. The van der Waals surface area contributed by atoms with Gasteiger partial charge in [-0.25, -0.2) is 4.79 Å². The number of carbonyl (C=O) groups is 4. The van der Waals surface area contributed by atoms with Gasteiger partial charge in [-0.15, -0.1) is 0 Å². The number of ether oxygens (including phenoxy) is 3. The van der Waals surface area contributed by atoms with Gasteiger partial charge in [0.15, 0.2) is 0 Å². The lowest BCUT2D eigenvalue weighted by molar-refractivity contribution is -0.149. The molecule has 0 aromatic rings. The predicted octanol–water partition coefficient (Wildman–Crippen LogP) is 2.78. The molecule has 2 unspecified atom stereocenters. The molecule has 0 aromatic carbocycles. The summed E-state index contributed by atoms with van der Waals surface area (Å²) >= 11 is 0. The maximum absolute atomic E-state index is 14.1. The van der Waals surface area contributed by atoms with Crippen molar-refractivity contribution >= 4 is 23.7 Å². The van der Waals surface area contributed by atoms with Crippen LogP contribution in [0.4, 0.5) is 0 Å². The highest BCUT2D eigenvalue weighted by molar-refractivity contribution is 5.86. The van der Waals surface area contributed by atoms with Crippen LogP contribution in [0.15, 0.2) is 5.11 Å². The van der Waals surface area contributed by atoms with Gasteiger partial charge in [-0.2, -0.15) is 0 Å². The van der Waals surface area contributed by atoms with E-state index >= 15 is 0 Å². The average Bonchev–Trinajstić information content (AvgIpc) is 3.57. The summed E-state index contributed by atoms with van der Waals surface area (Å²) in [5, 5.41) is 21.4. The number of aliphatic hydroxyl groups is 1. The molecule has 0 aliphatic carbocycles. The predicted molar refractivity (Wildman–Crippen MR) is 199 cm³/mol. The minimum Gasteiger partial charge on any atom is -0.467 e. The highest BCUT2D eigenvalue weighted by atomic mass is 16.5. The minimum atomic E-state index is -1.30. The Kier molecular flexibility index (Phi) is 20.1. The fraction of sp³-hybridized carbons (Fsp3) is 0.889. The second-order valence-corrected chi connectivity index (χ2v) is 15.1. The molecule has 0 aromatic heterocycles. The van der Waals surface area contributed by atoms with Crippen molar-refractivity contribution < 1.29 is 38.5 Å². The van der Waals surface area contributed by atoms with Gasteiger partial charge >= 0.3 is 5.97 Å². The number of carbonyl (C=O) groups excluding carboxylic acids is 4. The number of amides is 3. The van der Waals surface area contributed by atoms with Gasteiger partial charge in [0.1, 0.15) is 12.3 Å². The Bertz CT molecular complexity index is 1190. The van der Waals surface area contributed by atoms with Crippen molar-refractivity contribution in [3.8, 4) is 0 Å². The number of hydrogen-bond acceptors (Lipinski definition) is 11. The molecule has 16 heteroatoms. The fourth-order valence-electron chi connectivity index (χ4n) is 7.51. The van der Waals surface area contributed by atoms with Crippen molar-refractivity contribution in [1.82, 2.24) is 25.3 Å². The van der Waals surface area contributed by atoms with Crippen LogP contribution in [0.2, 0.25) is 0 Å². The molecule has 1 saturated heterocycles. The lowest BCUT2D eigenvalue weighted by Crippen LogP contribution is -2.62. The topological polar surface area (TPSA) is 199 Å². The van der Waals surface area contributed by atoms with Crippen LogP contribution in [0.1, 0.15) is 81.1 Å². The average molecular weight is 741 g/mol. The zero-order chi connectivity index (χ0) is 40.0. The third-order valence-corrected chi connectivity index (χ3v) is 10.6. The molecule has 52 heavy (non-hydrogen) atoms. The highest BCUT2D eigenvalue weighted by Crippen LogP contribution is 2.30. The van der Waals surface area contributed by atoms with E-state index in [4.69, 9.17) is 14.2 Å². The normalized spacial score (nSPS) is 20.7. The number of azide groups is 1. The summed E-state index contributed by atoms with van der Waals surface area (Å²) in [6, 6.07) is -3.97. The second kappa shape index (κ2) is 22.3. The summed E-state index contributed by atoms with van der Waals surface area (Å²) in [5.74, 6) is -2.38. The monoisotopic (exact) mass is 741 g/mol. The Morgan fingerprint density at radius 1 is 0.962 bits per heavy atom. The van der Waals surface area contributed by atoms with E-state index in [2.05, 4.69) is 20.7 Å². The summed E-state index contributed by atoms with van der Waals surface area (Å²) in [7, 11) is 9.64. The van der Waals surface area contributed by atoms with Crippen molar-refractivity contribution in [2.24, 2.45) is 28.8 Å². The van der Waals surface area contributed by atoms with Gasteiger partial charge in [-0.3, -0.25) is 24.2 Å². The van der Waals surface area contributed by atoms with Gasteiger partial charge in [0, 0.05) is 31.7 Å². The molecule has 1 rings (SSSR count). The van der Waals surface area contributed by atoms with E-state index in [1.54, 1.807) is 49.7 Å².